The predicted molar refractivity (Wildman–Crippen MR) is 71.3 cm³/mol. The zero-order valence-corrected chi connectivity index (χ0v) is 11.1. The standard InChI is InChI=1S/C12H21N7/c13-12(15-10-3-1-2-4-10)14-7-11-16-17-18-19(11)8-9-5-6-9/h9-10H,1-8H2,(H3,13,14,15). The topological polar surface area (TPSA) is 94.0 Å². The minimum atomic E-state index is 0.450. The van der Waals surface area contributed by atoms with Crippen LogP contribution < -0.4 is 11.1 Å². The Balaban J connectivity index is 1.53. The lowest BCUT2D eigenvalue weighted by Crippen LogP contribution is -2.38. The van der Waals surface area contributed by atoms with Gasteiger partial charge in [-0.3, -0.25) is 0 Å². The van der Waals surface area contributed by atoms with Crippen LogP contribution in [0.1, 0.15) is 44.3 Å². The number of hydrogen-bond acceptors (Lipinski definition) is 4. The summed E-state index contributed by atoms with van der Waals surface area (Å²) in [6, 6.07) is 0.492. The molecule has 2 aliphatic rings. The molecule has 0 unspecified atom stereocenters. The zero-order valence-electron chi connectivity index (χ0n) is 11.1. The highest BCUT2D eigenvalue weighted by Gasteiger charge is 2.23. The predicted octanol–water partition coefficient (Wildman–Crippen LogP) is 0.430. The van der Waals surface area contributed by atoms with Gasteiger partial charge in [0.1, 0.15) is 6.54 Å². The van der Waals surface area contributed by atoms with E-state index in [2.05, 4.69) is 25.8 Å². The maximum Gasteiger partial charge on any atom is 0.189 e. The van der Waals surface area contributed by atoms with E-state index in [0.717, 1.165) is 18.3 Å². The number of nitrogens with one attached hydrogen (secondary N) is 1. The van der Waals surface area contributed by atoms with E-state index in [1.165, 1.54) is 38.5 Å². The summed E-state index contributed by atoms with van der Waals surface area (Å²) in [6.07, 6.45) is 7.52. The van der Waals surface area contributed by atoms with Crippen LogP contribution in [0.4, 0.5) is 0 Å². The van der Waals surface area contributed by atoms with Gasteiger partial charge in [0.2, 0.25) is 0 Å². The fraction of sp³-hybridized carbons (Fsp3) is 0.833. The Hall–Kier alpha value is -1.66. The first-order valence-electron chi connectivity index (χ1n) is 7.13. The summed E-state index contributed by atoms with van der Waals surface area (Å²) in [5, 5.41) is 15.0. The second-order valence-electron chi connectivity index (χ2n) is 5.55. The van der Waals surface area contributed by atoms with Gasteiger partial charge in [0.05, 0.1) is 0 Å². The minimum Gasteiger partial charge on any atom is -0.370 e. The number of aromatic nitrogens is 4. The Kier molecular flexibility index (Phi) is 3.61. The van der Waals surface area contributed by atoms with E-state index in [4.69, 9.17) is 5.73 Å². The third kappa shape index (κ3) is 3.42. The van der Waals surface area contributed by atoms with Crippen molar-refractivity contribution in [2.75, 3.05) is 0 Å². The van der Waals surface area contributed by atoms with Gasteiger partial charge in [-0.25, -0.2) is 9.67 Å². The minimum absolute atomic E-state index is 0.450. The van der Waals surface area contributed by atoms with Crippen LogP contribution in [-0.4, -0.2) is 32.2 Å². The van der Waals surface area contributed by atoms with Crippen LogP contribution in [0.5, 0.6) is 0 Å². The molecule has 0 spiro atoms. The molecule has 19 heavy (non-hydrogen) atoms. The van der Waals surface area contributed by atoms with Crippen molar-refractivity contribution in [1.29, 1.82) is 0 Å². The third-order valence-electron chi connectivity index (χ3n) is 3.83. The highest BCUT2D eigenvalue weighted by atomic mass is 15.5. The van der Waals surface area contributed by atoms with Crippen molar-refractivity contribution in [2.45, 2.75) is 57.7 Å². The molecule has 1 aromatic heterocycles. The van der Waals surface area contributed by atoms with Gasteiger partial charge >= 0.3 is 0 Å². The first-order valence-corrected chi connectivity index (χ1v) is 7.13. The van der Waals surface area contributed by atoms with Crippen molar-refractivity contribution >= 4 is 5.96 Å². The van der Waals surface area contributed by atoms with Crippen molar-refractivity contribution in [3.63, 3.8) is 0 Å². The third-order valence-corrected chi connectivity index (χ3v) is 3.83. The van der Waals surface area contributed by atoms with Crippen LogP contribution in [0.2, 0.25) is 0 Å². The van der Waals surface area contributed by atoms with E-state index in [1.54, 1.807) is 0 Å². The van der Waals surface area contributed by atoms with Crippen LogP contribution in [0.25, 0.3) is 0 Å². The molecule has 7 heteroatoms. The summed E-state index contributed by atoms with van der Waals surface area (Å²) in [7, 11) is 0. The zero-order chi connectivity index (χ0) is 13.1. The van der Waals surface area contributed by atoms with Gasteiger partial charge in [-0.15, -0.1) is 5.10 Å². The second-order valence-corrected chi connectivity index (χ2v) is 5.55. The highest BCUT2D eigenvalue weighted by molar-refractivity contribution is 5.78. The highest BCUT2D eigenvalue weighted by Crippen LogP contribution is 2.30. The molecule has 2 aliphatic carbocycles. The van der Waals surface area contributed by atoms with E-state index < -0.39 is 0 Å². The van der Waals surface area contributed by atoms with Gasteiger partial charge < -0.3 is 11.1 Å². The molecular formula is C12H21N7. The molecule has 0 aromatic carbocycles. The number of aliphatic imine (C=N–C) groups is 1. The molecule has 104 valence electrons. The number of guanidine groups is 1. The number of tetrazole rings is 1. The molecule has 3 N–H and O–H groups in total. The number of hydrogen-bond donors (Lipinski definition) is 2. The van der Waals surface area contributed by atoms with Crippen molar-refractivity contribution in [1.82, 2.24) is 25.5 Å². The van der Waals surface area contributed by atoms with E-state index in [0.29, 0.717) is 18.5 Å². The van der Waals surface area contributed by atoms with Gasteiger partial charge in [-0.2, -0.15) is 0 Å². The second kappa shape index (κ2) is 5.54. The van der Waals surface area contributed by atoms with Crippen LogP contribution >= 0.6 is 0 Å². The average Bonchev–Trinajstić information content (AvgIpc) is 2.88. The monoisotopic (exact) mass is 263 g/mol. The summed E-state index contributed by atoms with van der Waals surface area (Å²) in [5.41, 5.74) is 5.89. The SMILES string of the molecule is NC(=NCc1nnnn1CC1CC1)NC1CCCC1. The van der Waals surface area contributed by atoms with Crippen LogP contribution in [0.15, 0.2) is 4.99 Å². The van der Waals surface area contributed by atoms with Crippen molar-refractivity contribution in [3.8, 4) is 0 Å². The molecule has 0 aliphatic heterocycles. The van der Waals surface area contributed by atoms with Crippen molar-refractivity contribution < 1.29 is 0 Å². The van der Waals surface area contributed by atoms with Crippen molar-refractivity contribution in [3.05, 3.63) is 5.82 Å². The lowest BCUT2D eigenvalue weighted by molar-refractivity contribution is 0.523. The molecule has 3 rings (SSSR count). The summed E-state index contributed by atoms with van der Waals surface area (Å²) in [4.78, 5) is 4.34. The summed E-state index contributed by atoms with van der Waals surface area (Å²) in [6.45, 7) is 1.36. The van der Waals surface area contributed by atoms with Gasteiger partial charge in [-0.05, 0) is 42.0 Å². The van der Waals surface area contributed by atoms with E-state index >= 15 is 0 Å². The summed E-state index contributed by atoms with van der Waals surface area (Å²) >= 11 is 0. The Morgan fingerprint density at radius 2 is 2.11 bits per heavy atom. The maximum atomic E-state index is 5.89. The maximum absolute atomic E-state index is 5.89. The Bertz CT molecular complexity index is 443. The fourth-order valence-electron chi connectivity index (χ4n) is 2.50. The summed E-state index contributed by atoms with van der Waals surface area (Å²) < 4.78 is 1.85. The number of rotatable bonds is 5. The van der Waals surface area contributed by atoms with Crippen LogP contribution in [0, 0.1) is 5.92 Å². The van der Waals surface area contributed by atoms with Crippen molar-refractivity contribution in [2.24, 2.45) is 16.6 Å². The largest absolute Gasteiger partial charge is 0.370 e. The van der Waals surface area contributed by atoms with E-state index in [-0.39, 0.29) is 0 Å². The average molecular weight is 263 g/mol. The molecule has 1 heterocycles. The van der Waals surface area contributed by atoms with E-state index in [9.17, 15) is 0 Å². The fourth-order valence-corrected chi connectivity index (χ4v) is 2.50. The molecule has 7 nitrogen and oxygen atoms in total. The lowest BCUT2D eigenvalue weighted by Gasteiger charge is -2.12. The lowest BCUT2D eigenvalue weighted by atomic mass is 10.2. The number of nitrogens with two attached hydrogens (primary N) is 1. The molecular weight excluding hydrogens is 242 g/mol. The molecule has 0 amide bonds. The first-order chi connectivity index (χ1) is 9.31. The molecule has 0 saturated heterocycles. The Morgan fingerprint density at radius 1 is 1.32 bits per heavy atom. The van der Waals surface area contributed by atoms with Gasteiger partial charge in [0.15, 0.2) is 11.8 Å². The molecule has 1 aromatic rings. The first kappa shape index (κ1) is 12.4. The van der Waals surface area contributed by atoms with Gasteiger partial charge in [-0.1, -0.05) is 12.8 Å². The van der Waals surface area contributed by atoms with Gasteiger partial charge in [0, 0.05) is 12.6 Å². The Morgan fingerprint density at radius 3 is 2.84 bits per heavy atom. The molecule has 2 saturated carbocycles. The van der Waals surface area contributed by atoms with Crippen LogP contribution in [-0.2, 0) is 13.1 Å². The smallest absolute Gasteiger partial charge is 0.189 e. The van der Waals surface area contributed by atoms with Crippen LogP contribution in [0.3, 0.4) is 0 Å². The van der Waals surface area contributed by atoms with E-state index in [1.807, 2.05) is 4.68 Å². The number of nitrogens with zero attached hydrogens (tertiary/aromatic N) is 5. The normalized spacial score (nSPS) is 20.9. The van der Waals surface area contributed by atoms with Gasteiger partial charge in [0.25, 0.3) is 0 Å². The quantitative estimate of drug-likeness (QED) is 0.593. The molecule has 2 fully saturated rings. The summed E-state index contributed by atoms with van der Waals surface area (Å²) in [5.74, 6) is 2.05. The molecule has 0 radical (unpaired) electrons. The molecule has 0 bridgehead atoms. The molecule has 0 atom stereocenters. The Labute approximate surface area is 112 Å².